The molecule has 0 heterocycles. The zero-order chi connectivity index (χ0) is 15.3. The highest BCUT2D eigenvalue weighted by Crippen LogP contribution is 2.42. The van der Waals surface area contributed by atoms with Crippen molar-refractivity contribution in [3.8, 4) is 5.75 Å². The molecule has 0 radical (unpaired) electrons. The molecule has 0 spiro atoms. The first-order chi connectivity index (χ1) is 9.32. The highest BCUT2D eigenvalue weighted by atomic mass is 31.2. The Kier molecular flexibility index (Phi) is 6.07. The molecule has 0 amide bonds. The molecule has 0 bridgehead atoms. The third-order valence-electron chi connectivity index (χ3n) is 2.78. The van der Waals surface area contributed by atoms with Crippen LogP contribution in [-0.4, -0.2) is 23.9 Å². The largest absolute Gasteiger partial charge is 0.489 e. The molecule has 0 aromatic heterocycles. The monoisotopic (exact) mass is 305 g/mol. The Hall–Kier alpha value is -1.01. The normalized spacial score (nSPS) is 16.0. The minimum absolute atomic E-state index is 0.00826. The fraction of sp³-hybridized carbons (Fsp3) is 0.667. The Morgan fingerprint density at radius 1 is 1.30 bits per heavy atom. The number of hydrogen-bond donors (Lipinski definition) is 2. The van der Waals surface area contributed by atoms with Gasteiger partial charge in [-0.2, -0.15) is 0 Å². The second-order valence-electron chi connectivity index (χ2n) is 4.45. The highest BCUT2D eigenvalue weighted by Gasteiger charge is 2.25. The van der Waals surface area contributed by atoms with Gasteiger partial charge in [-0.15, -0.1) is 0 Å². The molecule has 8 heteroatoms. The van der Waals surface area contributed by atoms with Crippen LogP contribution in [0, 0.1) is 0 Å². The maximum absolute atomic E-state index is 11.7. The van der Waals surface area contributed by atoms with Gasteiger partial charge in [0.15, 0.2) is 5.75 Å². The summed E-state index contributed by atoms with van der Waals surface area (Å²) in [6.07, 6.45) is 0.0107. The van der Waals surface area contributed by atoms with Crippen molar-refractivity contribution in [2.45, 2.75) is 39.8 Å². The van der Waals surface area contributed by atoms with E-state index in [4.69, 9.17) is 9.26 Å². The molecule has 114 valence electrons. The zero-order valence-corrected chi connectivity index (χ0v) is 12.7. The molecule has 1 rings (SSSR count). The van der Waals surface area contributed by atoms with Gasteiger partial charge in [0.05, 0.1) is 24.6 Å². The van der Waals surface area contributed by atoms with Crippen LogP contribution in [0.3, 0.4) is 0 Å². The van der Waals surface area contributed by atoms with Gasteiger partial charge in [-0.3, -0.25) is 14.2 Å². The van der Waals surface area contributed by atoms with Crippen molar-refractivity contribution in [1.29, 1.82) is 0 Å². The van der Waals surface area contributed by atoms with E-state index in [-0.39, 0.29) is 36.9 Å². The van der Waals surface area contributed by atoms with Crippen molar-refractivity contribution in [3.05, 3.63) is 26.0 Å². The van der Waals surface area contributed by atoms with Crippen molar-refractivity contribution < 1.29 is 18.7 Å². The standard InChI is InChI=1S/C12H20NO6P/c1-4-8(3)19-20(16,17)7-13-6-9-10(14)11(15)12(9)18-5-2/h8,13H,4-7H2,1-3H3,(H,16,17). The first-order valence-electron chi connectivity index (χ1n) is 6.48. The summed E-state index contributed by atoms with van der Waals surface area (Å²) >= 11 is 0. The summed E-state index contributed by atoms with van der Waals surface area (Å²) in [6, 6.07) is 0. The third kappa shape index (κ3) is 4.24. The van der Waals surface area contributed by atoms with Gasteiger partial charge in [0.2, 0.25) is 5.43 Å². The molecular formula is C12H20NO6P. The second-order valence-corrected chi connectivity index (χ2v) is 6.25. The van der Waals surface area contributed by atoms with Gasteiger partial charge in [0.25, 0.3) is 5.43 Å². The Bertz CT molecular complexity index is 562. The third-order valence-corrected chi connectivity index (χ3v) is 4.09. The van der Waals surface area contributed by atoms with Crippen molar-refractivity contribution >= 4 is 7.60 Å². The summed E-state index contributed by atoms with van der Waals surface area (Å²) in [4.78, 5) is 32.1. The molecule has 2 atom stereocenters. The lowest BCUT2D eigenvalue weighted by molar-refractivity contribution is 0.184. The van der Waals surface area contributed by atoms with Crippen LogP contribution in [0.1, 0.15) is 32.8 Å². The summed E-state index contributed by atoms with van der Waals surface area (Å²) in [5, 5.41) is 2.65. The van der Waals surface area contributed by atoms with Crippen molar-refractivity contribution in [1.82, 2.24) is 5.32 Å². The Balaban J connectivity index is 2.53. The van der Waals surface area contributed by atoms with Gasteiger partial charge in [-0.05, 0) is 20.3 Å². The molecule has 0 aliphatic carbocycles. The maximum Gasteiger partial charge on any atom is 0.342 e. The summed E-state index contributed by atoms with van der Waals surface area (Å²) in [6.45, 7) is 5.54. The Labute approximate surface area is 117 Å². The molecule has 0 aliphatic rings. The first-order valence-corrected chi connectivity index (χ1v) is 8.24. The Morgan fingerprint density at radius 2 is 1.95 bits per heavy atom. The molecule has 2 N–H and O–H groups in total. The predicted molar refractivity (Wildman–Crippen MR) is 74.9 cm³/mol. The summed E-state index contributed by atoms with van der Waals surface area (Å²) in [5.41, 5.74) is -1.05. The van der Waals surface area contributed by atoms with E-state index in [1.807, 2.05) is 6.92 Å². The molecule has 7 nitrogen and oxygen atoms in total. The molecule has 0 saturated carbocycles. The fourth-order valence-corrected chi connectivity index (χ4v) is 2.77. The number of nitrogens with one attached hydrogen (secondary N) is 1. The molecular weight excluding hydrogens is 285 g/mol. The SMILES string of the molecule is CCOc1c(CNCP(=O)(O)OC(C)CC)c(=O)c1=O. The summed E-state index contributed by atoms with van der Waals surface area (Å²) < 4.78 is 21.7. The average Bonchev–Trinajstić information content (AvgIpc) is 2.40. The zero-order valence-electron chi connectivity index (χ0n) is 11.8. The summed E-state index contributed by atoms with van der Waals surface area (Å²) in [7, 11) is -3.75. The van der Waals surface area contributed by atoms with Crippen LogP contribution in [0.15, 0.2) is 9.59 Å². The smallest absolute Gasteiger partial charge is 0.342 e. The van der Waals surface area contributed by atoms with E-state index in [1.165, 1.54) is 0 Å². The van der Waals surface area contributed by atoms with Gasteiger partial charge < -0.3 is 19.5 Å². The van der Waals surface area contributed by atoms with Crippen LogP contribution in [0.2, 0.25) is 0 Å². The maximum atomic E-state index is 11.7. The number of hydrogen-bond acceptors (Lipinski definition) is 6. The van der Waals surface area contributed by atoms with Crippen LogP contribution in [0.4, 0.5) is 0 Å². The van der Waals surface area contributed by atoms with Gasteiger partial charge in [0, 0.05) is 6.54 Å². The van der Waals surface area contributed by atoms with Gasteiger partial charge >= 0.3 is 7.60 Å². The minimum atomic E-state index is -3.75. The van der Waals surface area contributed by atoms with Crippen LogP contribution in [0.25, 0.3) is 0 Å². The molecule has 0 fully saturated rings. The van der Waals surface area contributed by atoms with E-state index < -0.39 is 18.5 Å². The number of rotatable bonds is 9. The van der Waals surface area contributed by atoms with Crippen molar-refractivity contribution in [2.24, 2.45) is 0 Å². The van der Waals surface area contributed by atoms with Crippen LogP contribution in [0.5, 0.6) is 5.75 Å². The lowest BCUT2D eigenvalue weighted by atomic mass is 10.1. The molecule has 1 aromatic carbocycles. The lowest BCUT2D eigenvalue weighted by Crippen LogP contribution is -2.39. The fourth-order valence-electron chi connectivity index (χ4n) is 1.59. The van der Waals surface area contributed by atoms with E-state index in [9.17, 15) is 19.0 Å². The predicted octanol–water partition coefficient (Wildman–Crippen LogP) is 0.729. The highest BCUT2D eigenvalue weighted by molar-refractivity contribution is 7.52. The van der Waals surface area contributed by atoms with Gasteiger partial charge in [-0.1, -0.05) is 6.92 Å². The average molecular weight is 305 g/mol. The topological polar surface area (TPSA) is 102 Å². The first kappa shape index (κ1) is 17.0. The lowest BCUT2D eigenvalue weighted by Gasteiger charge is -2.18. The minimum Gasteiger partial charge on any atom is -0.489 e. The van der Waals surface area contributed by atoms with Crippen LogP contribution < -0.4 is 20.9 Å². The summed E-state index contributed by atoms with van der Waals surface area (Å²) in [5.74, 6) is 0.0422. The Morgan fingerprint density at radius 3 is 2.50 bits per heavy atom. The molecule has 0 aliphatic heterocycles. The quantitative estimate of drug-likeness (QED) is 0.512. The van der Waals surface area contributed by atoms with Crippen LogP contribution >= 0.6 is 7.60 Å². The van der Waals surface area contributed by atoms with E-state index in [0.29, 0.717) is 6.42 Å². The van der Waals surface area contributed by atoms with Crippen LogP contribution in [-0.2, 0) is 15.6 Å². The molecule has 20 heavy (non-hydrogen) atoms. The van der Waals surface area contributed by atoms with Gasteiger partial charge in [0.1, 0.15) is 0 Å². The van der Waals surface area contributed by atoms with E-state index in [2.05, 4.69) is 5.32 Å². The van der Waals surface area contributed by atoms with Crippen molar-refractivity contribution in [2.75, 3.05) is 12.9 Å². The molecule has 0 saturated heterocycles. The van der Waals surface area contributed by atoms with E-state index in [0.717, 1.165) is 0 Å². The molecule has 1 aromatic rings. The van der Waals surface area contributed by atoms with Gasteiger partial charge in [-0.25, -0.2) is 0 Å². The number of ether oxygens (including phenoxy) is 1. The second kappa shape index (κ2) is 7.13. The molecule has 2 unspecified atom stereocenters. The van der Waals surface area contributed by atoms with Crippen molar-refractivity contribution in [3.63, 3.8) is 0 Å². The van der Waals surface area contributed by atoms with E-state index >= 15 is 0 Å². The van der Waals surface area contributed by atoms with E-state index in [1.54, 1.807) is 13.8 Å².